The molecule has 0 amide bonds. The molecule has 1 aromatic rings. The Morgan fingerprint density at radius 2 is 2.25 bits per heavy atom. The molecule has 116 valence electrons. The molecule has 0 aliphatic carbocycles. The van der Waals surface area contributed by atoms with Gasteiger partial charge in [-0.15, -0.1) is 35.3 Å². The SMILES string of the molecule is CCNC(=NCCCc1nc(C)cs1)NCCOC.I. The molecule has 0 unspecified atom stereocenters. The van der Waals surface area contributed by atoms with Crippen molar-refractivity contribution in [2.24, 2.45) is 4.99 Å². The van der Waals surface area contributed by atoms with Gasteiger partial charge in [-0.05, 0) is 20.3 Å². The third kappa shape index (κ3) is 8.70. The van der Waals surface area contributed by atoms with Crippen LogP contribution in [0.2, 0.25) is 0 Å². The Kier molecular flexibility index (Phi) is 12.1. The van der Waals surface area contributed by atoms with Crippen LogP contribution < -0.4 is 10.6 Å². The van der Waals surface area contributed by atoms with Gasteiger partial charge in [0.05, 0.1) is 11.6 Å². The Hall–Kier alpha value is -0.410. The minimum atomic E-state index is 0. The summed E-state index contributed by atoms with van der Waals surface area (Å²) in [7, 11) is 1.70. The summed E-state index contributed by atoms with van der Waals surface area (Å²) >= 11 is 1.73. The van der Waals surface area contributed by atoms with Crippen molar-refractivity contribution < 1.29 is 4.74 Å². The van der Waals surface area contributed by atoms with Crippen LogP contribution in [0, 0.1) is 6.92 Å². The van der Waals surface area contributed by atoms with Crippen LogP contribution in [-0.4, -0.2) is 44.3 Å². The zero-order valence-electron chi connectivity index (χ0n) is 12.4. The quantitative estimate of drug-likeness (QED) is 0.298. The summed E-state index contributed by atoms with van der Waals surface area (Å²) in [5.74, 6) is 0.856. The van der Waals surface area contributed by atoms with Crippen LogP contribution in [0.15, 0.2) is 10.4 Å². The van der Waals surface area contributed by atoms with Crippen LogP contribution in [0.3, 0.4) is 0 Å². The topological polar surface area (TPSA) is 58.5 Å². The number of aliphatic imine (C=N–C) groups is 1. The van der Waals surface area contributed by atoms with Gasteiger partial charge in [0.2, 0.25) is 0 Å². The van der Waals surface area contributed by atoms with Crippen molar-refractivity contribution in [2.75, 3.05) is 33.4 Å². The molecule has 7 heteroatoms. The molecular formula is C13H25IN4OS. The summed E-state index contributed by atoms with van der Waals surface area (Å²) in [6.45, 7) is 7.22. The summed E-state index contributed by atoms with van der Waals surface area (Å²) in [4.78, 5) is 8.97. The summed E-state index contributed by atoms with van der Waals surface area (Å²) in [6, 6.07) is 0. The first-order valence-electron chi connectivity index (χ1n) is 6.68. The molecule has 5 nitrogen and oxygen atoms in total. The average Bonchev–Trinajstić information content (AvgIpc) is 2.80. The molecule has 1 rings (SSSR count). The second-order valence-electron chi connectivity index (χ2n) is 4.17. The third-order valence-corrected chi connectivity index (χ3v) is 3.45. The summed E-state index contributed by atoms with van der Waals surface area (Å²) in [5.41, 5.74) is 1.11. The lowest BCUT2D eigenvalue weighted by Crippen LogP contribution is -2.39. The smallest absolute Gasteiger partial charge is 0.191 e. The van der Waals surface area contributed by atoms with E-state index in [-0.39, 0.29) is 24.0 Å². The average molecular weight is 412 g/mol. The number of methoxy groups -OCH3 is 1. The van der Waals surface area contributed by atoms with Crippen molar-refractivity contribution >= 4 is 41.3 Å². The second-order valence-corrected chi connectivity index (χ2v) is 5.11. The van der Waals surface area contributed by atoms with Crippen LogP contribution in [0.5, 0.6) is 0 Å². The van der Waals surface area contributed by atoms with Gasteiger partial charge in [-0.3, -0.25) is 4.99 Å². The maximum Gasteiger partial charge on any atom is 0.191 e. The summed E-state index contributed by atoms with van der Waals surface area (Å²) < 4.78 is 5.00. The van der Waals surface area contributed by atoms with Gasteiger partial charge in [-0.25, -0.2) is 4.98 Å². The monoisotopic (exact) mass is 412 g/mol. The molecule has 0 radical (unpaired) electrons. The highest BCUT2D eigenvalue weighted by atomic mass is 127. The first-order chi connectivity index (χ1) is 9.26. The molecular weight excluding hydrogens is 387 g/mol. The highest BCUT2D eigenvalue weighted by molar-refractivity contribution is 14.0. The highest BCUT2D eigenvalue weighted by Crippen LogP contribution is 2.10. The number of aromatic nitrogens is 1. The van der Waals surface area contributed by atoms with Crippen LogP contribution in [0.4, 0.5) is 0 Å². The standard InChI is InChI=1S/C13H24N4OS.HI/c1-4-14-13(16-8-9-18-3)15-7-5-6-12-17-11(2)10-19-12;/h10H,4-9H2,1-3H3,(H2,14,15,16);1H. The molecule has 0 spiro atoms. The molecule has 0 aliphatic rings. The van der Waals surface area contributed by atoms with Gasteiger partial charge in [0.15, 0.2) is 5.96 Å². The molecule has 0 saturated carbocycles. The predicted molar refractivity (Wildman–Crippen MR) is 96.4 cm³/mol. The van der Waals surface area contributed by atoms with Gasteiger partial charge < -0.3 is 15.4 Å². The van der Waals surface area contributed by atoms with Crippen LogP contribution in [0.25, 0.3) is 0 Å². The van der Waals surface area contributed by atoms with Crippen molar-refractivity contribution in [1.82, 2.24) is 15.6 Å². The third-order valence-electron chi connectivity index (χ3n) is 2.43. The Morgan fingerprint density at radius 1 is 1.45 bits per heavy atom. The van der Waals surface area contributed by atoms with E-state index in [0.717, 1.165) is 44.1 Å². The Labute approximate surface area is 142 Å². The Balaban J connectivity index is 0.00000361. The van der Waals surface area contributed by atoms with E-state index in [4.69, 9.17) is 4.74 Å². The predicted octanol–water partition coefficient (Wildman–Crippen LogP) is 2.20. The van der Waals surface area contributed by atoms with Crippen molar-refractivity contribution in [2.45, 2.75) is 26.7 Å². The summed E-state index contributed by atoms with van der Waals surface area (Å²) in [6.07, 6.45) is 2.02. The Morgan fingerprint density at radius 3 is 2.85 bits per heavy atom. The molecule has 20 heavy (non-hydrogen) atoms. The van der Waals surface area contributed by atoms with Crippen molar-refractivity contribution in [3.05, 3.63) is 16.1 Å². The molecule has 0 bridgehead atoms. The number of rotatable bonds is 8. The van der Waals surface area contributed by atoms with E-state index in [2.05, 4.69) is 32.9 Å². The molecule has 0 aliphatic heterocycles. The fraction of sp³-hybridized carbons (Fsp3) is 0.692. The highest BCUT2D eigenvalue weighted by Gasteiger charge is 1.99. The number of hydrogen-bond donors (Lipinski definition) is 2. The van der Waals surface area contributed by atoms with Crippen molar-refractivity contribution in [3.63, 3.8) is 0 Å². The normalized spacial score (nSPS) is 11.1. The number of ether oxygens (including phenoxy) is 1. The first kappa shape index (κ1) is 19.6. The number of halogens is 1. The number of aryl methyl sites for hydroxylation is 2. The molecule has 0 saturated heterocycles. The van der Waals surface area contributed by atoms with Gasteiger partial charge in [0.25, 0.3) is 0 Å². The Bertz CT molecular complexity index is 384. The molecule has 0 fully saturated rings. The largest absolute Gasteiger partial charge is 0.383 e. The van der Waals surface area contributed by atoms with Gasteiger partial charge in [0.1, 0.15) is 0 Å². The maximum atomic E-state index is 5.00. The minimum absolute atomic E-state index is 0. The van der Waals surface area contributed by atoms with Crippen molar-refractivity contribution in [3.8, 4) is 0 Å². The van der Waals surface area contributed by atoms with E-state index in [9.17, 15) is 0 Å². The van der Waals surface area contributed by atoms with E-state index in [0.29, 0.717) is 6.61 Å². The van der Waals surface area contributed by atoms with Crippen LogP contribution in [0.1, 0.15) is 24.0 Å². The lowest BCUT2D eigenvalue weighted by atomic mass is 10.3. The number of guanidine groups is 1. The van der Waals surface area contributed by atoms with Gasteiger partial charge in [-0.1, -0.05) is 0 Å². The van der Waals surface area contributed by atoms with E-state index < -0.39 is 0 Å². The van der Waals surface area contributed by atoms with Crippen LogP contribution >= 0.6 is 35.3 Å². The van der Waals surface area contributed by atoms with Crippen molar-refractivity contribution in [1.29, 1.82) is 0 Å². The maximum absolute atomic E-state index is 5.00. The molecule has 0 aromatic carbocycles. The lowest BCUT2D eigenvalue weighted by molar-refractivity contribution is 0.203. The second kappa shape index (κ2) is 12.3. The van der Waals surface area contributed by atoms with E-state index in [1.54, 1.807) is 18.4 Å². The van der Waals surface area contributed by atoms with E-state index >= 15 is 0 Å². The number of nitrogens with zero attached hydrogens (tertiary/aromatic N) is 2. The number of hydrogen-bond acceptors (Lipinski definition) is 4. The zero-order chi connectivity index (χ0) is 13.9. The number of thiazole rings is 1. The van der Waals surface area contributed by atoms with Gasteiger partial charge >= 0.3 is 0 Å². The van der Waals surface area contributed by atoms with Gasteiger partial charge in [0, 0.05) is 44.2 Å². The fourth-order valence-corrected chi connectivity index (χ4v) is 2.37. The summed E-state index contributed by atoms with van der Waals surface area (Å²) in [5, 5.41) is 9.73. The first-order valence-corrected chi connectivity index (χ1v) is 7.56. The zero-order valence-corrected chi connectivity index (χ0v) is 15.6. The molecule has 2 N–H and O–H groups in total. The lowest BCUT2D eigenvalue weighted by Gasteiger charge is -2.10. The minimum Gasteiger partial charge on any atom is -0.383 e. The molecule has 1 heterocycles. The number of nitrogens with one attached hydrogen (secondary N) is 2. The molecule has 1 aromatic heterocycles. The molecule has 0 atom stereocenters. The van der Waals surface area contributed by atoms with E-state index in [1.165, 1.54) is 5.01 Å². The van der Waals surface area contributed by atoms with Gasteiger partial charge in [-0.2, -0.15) is 0 Å². The van der Waals surface area contributed by atoms with Crippen LogP contribution in [-0.2, 0) is 11.2 Å². The fourth-order valence-electron chi connectivity index (χ4n) is 1.55. The van der Waals surface area contributed by atoms with E-state index in [1.807, 2.05) is 6.92 Å².